The molecule has 3 N–H and O–H groups in total. The zero-order valence-electron chi connectivity index (χ0n) is 8.25. The molecule has 0 unspecified atom stereocenters. The van der Waals surface area contributed by atoms with Crippen LogP contribution in [0.4, 0.5) is 0 Å². The van der Waals surface area contributed by atoms with Crippen LogP contribution in [0.3, 0.4) is 0 Å². The van der Waals surface area contributed by atoms with E-state index in [-0.39, 0.29) is 12.3 Å². The SMILES string of the molecule is CCCCCCNS(=O)(=O)CCN. The van der Waals surface area contributed by atoms with Crippen molar-refractivity contribution in [3.05, 3.63) is 0 Å². The molecule has 0 bridgehead atoms. The normalized spacial score (nSPS) is 11.8. The van der Waals surface area contributed by atoms with Gasteiger partial charge in [-0.1, -0.05) is 26.2 Å². The molecular weight excluding hydrogens is 188 g/mol. The van der Waals surface area contributed by atoms with Gasteiger partial charge in [0.25, 0.3) is 0 Å². The molecule has 5 heteroatoms. The molecule has 0 atom stereocenters. The van der Waals surface area contributed by atoms with Crippen LogP contribution >= 0.6 is 0 Å². The minimum atomic E-state index is -3.09. The van der Waals surface area contributed by atoms with E-state index in [0.717, 1.165) is 19.3 Å². The van der Waals surface area contributed by atoms with E-state index in [4.69, 9.17) is 5.73 Å². The third-order valence-corrected chi connectivity index (χ3v) is 3.16. The predicted octanol–water partition coefficient (Wildman–Crippen LogP) is 0.445. The van der Waals surface area contributed by atoms with Gasteiger partial charge in [0, 0.05) is 13.1 Å². The standard InChI is InChI=1S/C8H20N2O2S/c1-2-3-4-5-7-10-13(11,12)8-6-9/h10H,2-9H2,1H3. The Labute approximate surface area is 80.9 Å². The molecule has 0 aliphatic carbocycles. The summed E-state index contributed by atoms with van der Waals surface area (Å²) in [4.78, 5) is 0. The molecule has 0 amide bonds. The summed E-state index contributed by atoms with van der Waals surface area (Å²) in [6.45, 7) is 2.85. The van der Waals surface area contributed by atoms with Crippen molar-refractivity contribution in [3.8, 4) is 0 Å². The van der Waals surface area contributed by atoms with E-state index in [0.29, 0.717) is 6.54 Å². The molecule has 0 fully saturated rings. The summed E-state index contributed by atoms with van der Waals surface area (Å²) in [7, 11) is -3.09. The maximum atomic E-state index is 11.1. The molecule has 0 rings (SSSR count). The number of rotatable bonds is 8. The maximum Gasteiger partial charge on any atom is 0.212 e. The Hall–Kier alpha value is -0.130. The Kier molecular flexibility index (Phi) is 7.22. The van der Waals surface area contributed by atoms with Gasteiger partial charge in [0.2, 0.25) is 10.0 Å². The molecule has 0 saturated heterocycles. The Bertz CT molecular complexity index is 202. The van der Waals surface area contributed by atoms with Crippen LogP contribution in [0.15, 0.2) is 0 Å². The highest BCUT2D eigenvalue weighted by Crippen LogP contribution is 1.97. The van der Waals surface area contributed by atoms with E-state index in [1.807, 2.05) is 0 Å². The van der Waals surface area contributed by atoms with Gasteiger partial charge in [-0.3, -0.25) is 0 Å². The number of sulfonamides is 1. The van der Waals surface area contributed by atoms with Crippen molar-refractivity contribution < 1.29 is 8.42 Å². The fourth-order valence-electron chi connectivity index (χ4n) is 1.01. The van der Waals surface area contributed by atoms with Gasteiger partial charge in [-0.2, -0.15) is 0 Å². The zero-order valence-corrected chi connectivity index (χ0v) is 9.07. The minimum absolute atomic E-state index is 0.0285. The third-order valence-electron chi connectivity index (χ3n) is 1.74. The maximum absolute atomic E-state index is 11.1. The lowest BCUT2D eigenvalue weighted by atomic mass is 10.2. The van der Waals surface area contributed by atoms with Gasteiger partial charge in [-0.25, -0.2) is 13.1 Å². The number of nitrogens with two attached hydrogens (primary N) is 1. The molecule has 0 aliphatic rings. The Morgan fingerprint density at radius 2 is 1.92 bits per heavy atom. The number of hydrogen-bond acceptors (Lipinski definition) is 3. The van der Waals surface area contributed by atoms with E-state index in [1.54, 1.807) is 0 Å². The van der Waals surface area contributed by atoms with Crippen molar-refractivity contribution in [3.63, 3.8) is 0 Å². The fraction of sp³-hybridized carbons (Fsp3) is 1.00. The lowest BCUT2D eigenvalue weighted by molar-refractivity contribution is 0.573. The monoisotopic (exact) mass is 208 g/mol. The van der Waals surface area contributed by atoms with Crippen molar-refractivity contribution in [2.75, 3.05) is 18.8 Å². The number of unbranched alkanes of at least 4 members (excludes halogenated alkanes) is 3. The molecule has 0 aromatic rings. The highest BCUT2D eigenvalue weighted by atomic mass is 32.2. The smallest absolute Gasteiger partial charge is 0.212 e. The quantitative estimate of drug-likeness (QED) is 0.569. The highest BCUT2D eigenvalue weighted by molar-refractivity contribution is 7.89. The van der Waals surface area contributed by atoms with Crippen LogP contribution in [0.2, 0.25) is 0 Å². The van der Waals surface area contributed by atoms with Crippen molar-refractivity contribution >= 4 is 10.0 Å². The summed E-state index contributed by atoms with van der Waals surface area (Å²) in [6.07, 6.45) is 4.33. The van der Waals surface area contributed by atoms with Crippen molar-refractivity contribution in [1.82, 2.24) is 4.72 Å². The second kappa shape index (κ2) is 7.29. The lowest BCUT2D eigenvalue weighted by Crippen LogP contribution is -2.30. The summed E-state index contributed by atoms with van der Waals surface area (Å²) < 4.78 is 24.7. The van der Waals surface area contributed by atoms with Crippen molar-refractivity contribution in [1.29, 1.82) is 0 Å². The first kappa shape index (κ1) is 12.9. The van der Waals surface area contributed by atoms with Crippen LogP contribution in [0.1, 0.15) is 32.6 Å². The molecule has 0 aliphatic heterocycles. The fourth-order valence-corrected chi connectivity index (χ4v) is 1.92. The second-order valence-corrected chi connectivity index (χ2v) is 4.99. The lowest BCUT2D eigenvalue weighted by Gasteiger charge is -2.04. The van der Waals surface area contributed by atoms with Gasteiger partial charge in [0.1, 0.15) is 0 Å². The van der Waals surface area contributed by atoms with E-state index in [2.05, 4.69) is 11.6 Å². The van der Waals surface area contributed by atoms with Crippen LogP contribution in [0.25, 0.3) is 0 Å². The van der Waals surface area contributed by atoms with Gasteiger partial charge < -0.3 is 5.73 Å². The first-order valence-corrected chi connectivity index (χ1v) is 6.45. The van der Waals surface area contributed by atoms with Crippen LogP contribution in [-0.4, -0.2) is 27.3 Å². The van der Waals surface area contributed by atoms with E-state index in [1.165, 1.54) is 6.42 Å². The van der Waals surface area contributed by atoms with Gasteiger partial charge in [-0.05, 0) is 6.42 Å². The van der Waals surface area contributed by atoms with E-state index < -0.39 is 10.0 Å². The van der Waals surface area contributed by atoms with Crippen LogP contribution < -0.4 is 10.5 Å². The zero-order chi connectivity index (χ0) is 10.2. The van der Waals surface area contributed by atoms with Gasteiger partial charge in [0.05, 0.1) is 5.75 Å². The van der Waals surface area contributed by atoms with Crippen LogP contribution in [-0.2, 0) is 10.0 Å². The summed E-state index contributed by atoms with van der Waals surface area (Å²) >= 11 is 0. The molecule has 0 radical (unpaired) electrons. The van der Waals surface area contributed by atoms with Gasteiger partial charge in [-0.15, -0.1) is 0 Å². The molecule has 80 valence electrons. The topological polar surface area (TPSA) is 72.2 Å². The molecular formula is C8H20N2O2S. The van der Waals surface area contributed by atoms with E-state index in [9.17, 15) is 8.42 Å². The predicted molar refractivity (Wildman–Crippen MR) is 55.0 cm³/mol. The Balaban J connectivity index is 3.41. The molecule has 0 saturated carbocycles. The Morgan fingerprint density at radius 3 is 2.46 bits per heavy atom. The summed E-state index contributed by atoms with van der Waals surface area (Å²) in [5.41, 5.74) is 5.15. The molecule has 13 heavy (non-hydrogen) atoms. The average molecular weight is 208 g/mol. The first-order valence-electron chi connectivity index (χ1n) is 4.80. The summed E-state index contributed by atoms with van der Waals surface area (Å²) in [5, 5.41) is 0. The highest BCUT2D eigenvalue weighted by Gasteiger charge is 2.06. The van der Waals surface area contributed by atoms with Crippen LogP contribution in [0.5, 0.6) is 0 Å². The van der Waals surface area contributed by atoms with Crippen molar-refractivity contribution in [2.45, 2.75) is 32.6 Å². The van der Waals surface area contributed by atoms with Gasteiger partial charge in [0.15, 0.2) is 0 Å². The first-order chi connectivity index (χ1) is 6.12. The third kappa shape index (κ3) is 8.21. The van der Waals surface area contributed by atoms with Gasteiger partial charge >= 0.3 is 0 Å². The average Bonchev–Trinajstić information content (AvgIpc) is 2.04. The van der Waals surface area contributed by atoms with E-state index >= 15 is 0 Å². The minimum Gasteiger partial charge on any atom is -0.329 e. The van der Waals surface area contributed by atoms with Crippen LogP contribution in [0, 0.1) is 0 Å². The second-order valence-electron chi connectivity index (χ2n) is 3.06. The van der Waals surface area contributed by atoms with Crippen molar-refractivity contribution in [2.24, 2.45) is 5.73 Å². The number of nitrogens with one attached hydrogen (secondary N) is 1. The Morgan fingerprint density at radius 1 is 1.23 bits per heavy atom. The molecule has 0 aromatic carbocycles. The molecule has 4 nitrogen and oxygen atoms in total. The molecule has 0 heterocycles. The molecule has 0 spiro atoms. The summed E-state index contributed by atoms with van der Waals surface area (Å²) in [5.74, 6) is 0.0285. The largest absolute Gasteiger partial charge is 0.329 e. The number of hydrogen-bond donors (Lipinski definition) is 2. The summed E-state index contributed by atoms with van der Waals surface area (Å²) in [6, 6.07) is 0. The molecule has 0 aromatic heterocycles.